The number of rotatable bonds is 15. The van der Waals surface area contributed by atoms with Crippen molar-refractivity contribution < 1.29 is 9.84 Å². The summed E-state index contributed by atoms with van der Waals surface area (Å²) in [6.07, 6.45) is 11.1. The lowest BCUT2D eigenvalue weighted by atomic mass is 9.95. The van der Waals surface area contributed by atoms with Gasteiger partial charge in [-0.25, -0.2) is 0 Å². The van der Waals surface area contributed by atoms with Gasteiger partial charge < -0.3 is 15.2 Å². The predicted octanol–water partition coefficient (Wildman–Crippen LogP) is 4.28. The van der Waals surface area contributed by atoms with E-state index in [9.17, 15) is 5.11 Å². The van der Waals surface area contributed by atoms with Gasteiger partial charge in [-0.3, -0.25) is 0 Å². The summed E-state index contributed by atoms with van der Waals surface area (Å²) in [5, 5.41) is 13.0. The van der Waals surface area contributed by atoms with Crippen LogP contribution in [0.2, 0.25) is 0 Å². The molecule has 21 heavy (non-hydrogen) atoms. The van der Waals surface area contributed by atoms with Crippen LogP contribution < -0.4 is 5.32 Å². The van der Waals surface area contributed by atoms with Crippen LogP contribution in [-0.2, 0) is 4.74 Å². The second-order valence-corrected chi connectivity index (χ2v) is 6.86. The van der Waals surface area contributed by atoms with Crippen LogP contribution in [0.3, 0.4) is 0 Å². The first-order valence-corrected chi connectivity index (χ1v) is 9.00. The molecule has 0 saturated heterocycles. The molecule has 0 aromatic rings. The number of hydrogen-bond donors (Lipinski definition) is 2. The van der Waals surface area contributed by atoms with Crippen LogP contribution in [0.15, 0.2) is 0 Å². The molecule has 128 valence electrons. The minimum atomic E-state index is -0.145. The molecular formula is C18H39NO2. The molecule has 0 fully saturated rings. The predicted molar refractivity (Wildman–Crippen MR) is 91.8 cm³/mol. The van der Waals surface area contributed by atoms with Crippen molar-refractivity contribution >= 4 is 0 Å². The van der Waals surface area contributed by atoms with Crippen LogP contribution in [-0.4, -0.2) is 36.5 Å². The molecule has 1 unspecified atom stereocenters. The van der Waals surface area contributed by atoms with Crippen LogP contribution in [0.1, 0.15) is 85.5 Å². The van der Waals surface area contributed by atoms with Crippen LogP contribution in [0, 0.1) is 0 Å². The summed E-state index contributed by atoms with van der Waals surface area (Å²) in [6.45, 7) is 10.6. The molecule has 3 heteroatoms. The zero-order valence-electron chi connectivity index (χ0n) is 14.9. The molecule has 0 aliphatic carbocycles. The Balaban J connectivity index is 3.38. The molecule has 0 aromatic heterocycles. The molecule has 0 bridgehead atoms. The van der Waals surface area contributed by atoms with Crippen molar-refractivity contribution in [3.8, 4) is 0 Å². The van der Waals surface area contributed by atoms with Gasteiger partial charge in [0.25, 0.3) is 0 Å². The fraction of sp³-hybridized carbons (Fsp3) is 1.00. The molecule has 0 aromatic carbocycles. The first-order chi connectivity index (χ1) is 10.0. The summed E-state index contributed by atoms with van der Waals surface area (Å²) >= 11 is 0. The maximum absolute atomic E-state index is 9.50. The molecule has 0 spiro atoms. The highest BCUT2D eigenvalue weighted by atomic mass is 16.5. The molecular weight excluding hydrogens is 262 g/mol. The molecule has 0 aliphatic rings. The molecule has 0 heterocycles. The second-order valence-electron chi connectivity index (χ2n) is 6.86. The van der Waals surface area contributed by atoms with Gasteiger partial charge in [-0.15, -0.1) is 0 Å². The van der Waals surface area contributed by atoms with Gasteiger partial charge in [0.05, 0.1) is 6.61 Å². The third-order valence-corrected chi connectivity index (χ3v) is 3.90. The van der Waals surface area contributed by atoms with Crippen molar-refractivity contribution in [2.24, 2.45) is 0 Å². The van der Waals surface area contributed by atoms with Gasteiger partial charge in [0.2, 0.25) is 0 Å². The molecule has 3 nitrogen and oxygen atoms in total. The van der Waals surface area contributed by atoms with E-state index < -0.39 is 0 Å². The third-order valence-electron chi connectivity index (χ3n) is 3.90. The third kappa shape index (κ3) is 13.3. The number of unbranched alkanes of at least 4 members (excludes halogenated alkanes) is 6. The molecule has 0 radical (unpaired) electrons. The highest BCUT2D eigenvalue weighted by Crippen LogP contribution is 2.14. The molecule has 2 N–H and O–H groups in total. The minimum absolute atomic E-state index is 0.145. The van der Waals surface area contributed by atoms with Crippen LogP contribution >= 0.6 is 0 Å². The Morgan fingerprint density at radius 3 is 2.10 bits per heavy atom. The lowest BCUT2D eigenvalue weighted by molar-refractivity contribution is 0.117. The highest BCUT2D eigenvalue weighted by molar-refractivity contribution is 4.83. The van der Waals surface area contributed by atoms with E-state index in [0.29, 0.717) is 6.04 Å². The Bertz CT molecular complexity index is 221. The number of aliphatic hydroxyl groups excluding tert-OH is 1. The van der Waals surface area contributed by atoms with Crippen molar-refractivity contribution in [2.45, 2.75) is 97.1 Å². The normalized spacial score (nSPS) is 14.6. The van der Waals surface area contributed by atoms with E-state index >= 15 is 0 Å². The van der Waals surface area contributed by atoms with Crippen molar-refractivity contribution in [1.29, 1.82) is 0 Å². The topological polar surface area (TPSA) is 41.5 Å². The first-order valence-electron chi connectivity index (χ1n) is 9.00. The van der Waals surface area contributed by atoms with E-state index in [1.165, 1.54) is 38.5 Å². The van der Waals surface area contributed by atoms with Crippen LogP contribution in [0.25, 0.3) is 0 Å². The van der Waals surface area contributed by atoms with Crippen LogP contribution in [0.4, 0.5) is 0 Å². The van der Waals surface area contributed by atoms with E-state index in [-0.39, 0.29) is 12.1 Å². The maximum Gasteiger partial charge on any atom is 0.0610 e. The zero-order chi connectivity index (χ0) is 16.0. The van der Waals surface area contributed by atoms with Gasteiger partial charge in [0.1, 0.15) is 0 Å². The molecule has 0 aliphatic heterocycles. The molecule has 0 amide bonds. The Kier molecular flexibility index (Phi) is 13.5. The Hall–Kier alpha value is -0.120. The largest absolute Gasteiger partial charge is 0.394 e. The van der Waals surface area contributed by atoms with Crippen molar-refractivity contribution in [2.75, 3.05) is 19.8 Å². The average molecular weight is 302 g/mol. The highest BCUT2D eigenvalue weighted by Gasteiger charge is 2.22. The summed E-state index contributed by atoms with van der Waals surface area (Å²) in [5.41, 5.74) is -0.145. The minimum Gasteiger partial charge on any atom is -0.394 e. The zero-order valence-corrected chi connectivity index (χ0v) is 14.9. The SMILES string of the molecule is CCCCCCCCOCCCCC(C)(CO)NC(C)C. The van der Waals surface area contributed by atoms with E-state index in [0.717, 1.165) is 32.5 Å². The fourth-order valence-electron chi connectivity index (χ4n) is 2.70. The first kappa shape index (κ1) is 20.9. The Labute approximate surface area is 132 Å². The fourth-order valence-corrected chi connectivity index (χ4v) is 2.70. The summed E-state index contributed by atoms with van der Waals surface area (Å²) in [6, 6.07) is 0.408. The standard InChI is InChI=1S/C18H39NO2/c1-5-6-7-8-9-11-14-21-15-12-10-13-18(4,16-20)19-17(2)3/h17,19-20H,5-16H2,1-4H3. The van der Waals surface area contributed by atoms with Gasteiger partial charge >= 0.3 is 0 Å². The summed E-state index contributed by atoms with van der Waals surface area (Å²) in [7, 11) is 0. The number of aliphatic hydroxyl groups is 1. The Morgan fingerprint density at radius 2 is 1.52 bits per heavy atom. The number of nitrogens with one attached hydrogen (secondary N) is 1. The lowest BCUT2D eigenvalue weighted by Gasteiger charge is -2.31. The average Bonchev–Trinajstić information content (AvgIpc) is 2.44. The van der Waals surface area contributed by atoms with Crippen LogP contribution in [0.5, 0.6) is 0 Å². The smallest absolute Gasteiger partial charge is 0.0610 e. The quantitative estimate of drug-likeness (QED) is 0.444. The van der Waals surface area contributed by atoms with Crippen molar-refractivity contribution in [1.82, 2.24) is 5.32 Å². The second kappa shape index (κ2) is 13.5. The number of hydrogen-bond acceptors (Lipinski definition) is 3. The van der Waals surface area contributed by atoms with Gasteiger partial charge in [0, 0.05) is 24.8 Å². The van der Waals surface area contributed by atoms with Gasteiger partial charge in [-0.1, -0.05) is 52.9 Å². The van der Waals surface area contributed by atoms with Gasteiger partial charge in [-0.05, 0) is 32.6 Å². The summed E-state index contributed by atoms with van der Waals surface area (Å²) in [4.78, 5) is 0. The Morgan fingerprint density at radius 1 is 0.952 bits per heavy atom. The maximum atomic E-state index is 9.50. The molecule has 1 atom stereocenters. The van der Waals surface area contributed by atoms with E-state index in [2.05, 4.69) is 33.0 Å². The molecule has 0 rings (SSSR count). The summed E-state index contributed by atoms with van der Waals surface area (Å²) in [5.74, 6) is 0. The van der Waals surface area contributed by atoms with Gasteiger partial charge in [-0.2, -0.15) is 0 Å². The lowest BCUT2D eigenvalue weighted by Crippen LogP contribution is -2.49. The van der Waals surface area contributed by atoms with E-state index in [1.54, 1.807) is 0 Å². The monoisotopic (exact) mass is 301 g/mol. The van der Waals surface area contributed by atoms with Gasteiger partial charge in [0.15, 0.2) is 0 Å². The van der Waals surface area contributed by atoms with E-state index in [1.807, 2.05) is 0 Å². The molecule has 0 saturated carbocycles. The van der Waals surface area contributed by atoms with Crippen molar-refractivity contribution in [3.63, 3.8) is 0 Å². The van der Waals surface area contributed by atoms with Crippen molar-refractivity contribution in [3.05, 3.63) is 0 Å². The summed E-state index contributed by atoms with van der Waals surface area (Å²) < 4.78 is 5.69. The number of ether oxygens (including phenoxy) is 1. The van der Waals surface area contributed by atoms with E-state index in [4.69, 9.17) is 4.74 Å².